The van der Waals surface area contributed by atoms with Crippen LogP contribution in [0.5, 0.6) is 0 Å². The standard InChI is InChI=1S/C14H20BrFN2/c1-2-14(5-3-4-6-14)9-18-13-7-10(15)11(16)8-12(13)17/h7-8,18H,2-6,9,17H2,1H3. The van der Waals surface area contributed by atoms with Crippen molar-refractivity contribution < 1.29 is 4.39 Å². The van der Waals surface area contributed by atoms with E-state index >= 15 is 0 Å². The van der Waals surface area contributed by atoms with Gasteiger partial charge in [-0.1, -0.05) is 19.8 Å². The SMILES string of the molecule is CCC1(CNc2cc(Br)c(F)cc2N)CCCC1. The summed E-state index contributed by atoms with van der Waals surface area (Å²) >= 11 is 3.19. The summed E-state index contributed by atoms with van der Waals surface area (Å²) in [5.41, 5.74) is 7.53. The molecule has 2 nitrogen and oxygen atoms in total. The van der Waals surface area contributed by atoms with Crippen LogP contribution in [0.3, 0.4) is 0 Å². The minimum absolute atomic E-state index is 0.316. The fourth-order valence-electron chi connectivity index (χ4n) is 2.78. The zero-order valence-corrected chi connectivity index (χ0v) is 12.3. The number of hydrogen-bond donors (Lipinski definition) is 2. The van der Waals surface area contributed by atoms with Gasteiger partial charge in [-0.05, 0) is 46.7 Å². The highest BCUT2D eigenvalue weighted by atomic mass is 79.9. The zero-order chi connectivity index (χ0) is 13.2. The van der Waals surface area contributed by atoms with Crippen LogP contribution in [0.15, 0.2) is 16.6 Å². The Bertz CT molecular complexity index is 428. The molecular weight excluding hydrogens is 295 g/mol. The second-order valence-electron chi connectivity index (χ2n) is 5.27. The minimum atomic E-state index is -0.316. The Kier molecular flexibility index (Phi) is 4.15. The van der Waals surface area contributed by atoms with E-state index < -0.39 is 0 Å². The highest BCUT2D eigenvalue weighted by Crippen LogP contribution is 2.41. The summed E-state index contributed by atoms with van der Waals surface area (Å²) < 4.78 is 13.7. The summed E-state index contributed by atoms with van der Waals surface area (Å²) in [6.45, 7) is 3.17. The van der Waals surface area contributed by atoms with Gasteiger partial charge in [0.2, 0.25) is 0 Å². The van der Waals surface area contributed by atoms with Crippen LogP contribution in [-0.2, 0) is 0 Å². The second-order valence-corrected chi connectivity index (χ2v) is 6.12. The zero-order valence-electron chi connectivity index (χ0n) is 10.7. The third kappa shape index (κ3) is 2.79. The summed E-state index contributed by atoms with van der Waals surface area (Å²) in [6, 6.07) is 3.09. The number of rotatable bonds is 4. The first-order valence-electron chi connectivity index (χ1n) is 6.55. The van der Waals surface area contributed by atoms with Crippen LogP contribution in [0.4, 0.5) is 15.8 Å². The maximum Gasteiger partial charge on any atom is 0.139 e. The van der Waals surface area contributed by atoms with Crippen molar-refractivity contribution in [1.29, 1.82) is 0 Å². The van der Waals surface area contributed by atoms with Crippen LogP contribution in [-0.4, -0.2) is 6.54 Å². The van der Waals surface area contributed by atoms with Gasteiger partial charge in [0.05, 0.1) is 15.8 Å². The van der Waals surface area contributed by atoms with Gasteiger partial charge in [0.15, 0.2) is 0 Å². The molecule has 0 amide bonds. The first-order chi connectivity index (χ1) is 8.56. The van der Waals surface area contributed by atoms with E-state index in [0.717, 1.165) is 12.2 Å². The molecule has 1 aromatic carbocycles. The van der Waals surface area contributed by atoms with Crippen molar-refractivity contribution in [1.82, 2.24) is 0 Å². The minimum Gasteiger partial charge on any atom is -0.397 e. The van der Waals surface area contributed by atoms with E-state index in [2.05, 4.69) is 28.2 Å². The molecule has 4 heteroatoms. The molecule has 1 aliphatic carbocycles. The number of halogens is 2. The lowest BCUT2D eigenvalue weighted by Crippen LogP contribution is -2.26. The van der Waals surface area contributed by atoms with Crippen molar-refractivity contribution in [3.63, 3.8) is 0 Å². The van der Waals surface area contributed by atoms with Crippen LogP contribution < -0.4 is 11.1 Å². The number of nitrogens with one attached hydrogen (secondary N) is 1. The molecule has 100 valence electrons. The first-order valence-corrected chi connectivity index (χ1v) is 7.34. The fourth-order valence-corrected chi connectivity index (χ4v) is 3.12. The molecule has 0 radical (unpaired) electrons. The Labute approximate surface area is 116 Å². The van der Waals surface area contributed by atoms with E-state index in [-0.39, 0.29) is 5.82 Å². The Hall–Kier alpha value is -0.770. The molecule has 18 heavy (non-hydrogen) atoms. The smallest absolute Gasteiger partial charge is 0.139 e. The van der Waals surface area contributed by atoms with Crippen LogP contribution in [0, 0.1) is 11.2 Å². The number of nitrogens with two attached hydrogens (primary N) is 1. The normalized spacial score (nSPS) is 17.9. The Morgan fingerprint density at radius 3 is 2.67 bits per heavy atom. The molecular formula is C14H20BrFN2. The summed E-state index contributed by atoms with van der Waals surface area (Å²) in [7, 11) is 0. The van der Waals surface area contributed by atoms with E-state index in [1.54, 1.807) is 6.07 Å². The first kappa shape index (κ1) is 13.7. The van der Waals surface area contributed by atoms with Crippen molar-refractivity contribution in [2.75, 3.05) is 17.6 Å². The van der Waals surface area contributed by atoms with Gasteiger partial charge in [-0.25, -0.2) is 4.39 Å². The van der Waals surface area contributed by atoms with Gasteiger partial charge >= 0.3 is 0 Å². The molecule has 2 rings (SSSR count). The Morgan fingerprint density at radius 2 is 2.06 bits per heavy atom. The lowest BCUT2D eigenvalue weighted by atomic mass is 9.83. The predicted molar refractivity (Wildman–Crippen MR) is 78.2 cm³/mol. The molecule has 0 unspecified atom stereocenters. The molecule has 1 saturated carbocycles. The van der Waals surface area contributed by atoms with Crippen LogP contribution in [0.2, 0.25) is 0 Å². The molecule has 1 fully saturated rings. The molecule has 0 spiro atoms. The molecule has 0 aliphatic heterocycles. The van der Waals surface area contributed by atoms with E-state index in [9.17, 15) is 4.39 Å². The maximum absolute atomic E-state index is 13.3. The lowest BCUT2D eigenvalue weighted by Gasteiger charge is -2.28. The highest BCUT2D eigenvalue weighted by Gasteiger charge is 2.31. The van der Waals surface area contributed by atoms with Gasteiger partial charge in [0, 0.05) is 12.6 Å². The van der Waals surface area contributed by atoms with Crippen molar-refractivity contribution in [2.45, 2.75) is 39.0 Å². The largest absolute Gasteiger partial charge is 0.397 e. The Balaban J connectivity index is 2.08. The van der Waals surface area contributed by atoms with E-state index in [4.69, 9.17) is 5.73 Å². The maximum atomic E-state index is 13.3. The van der Waals surface area contributed by atoms with Gasteiger partial charge in [0.25, 0.3) is 0 Å². The summed E-state index contributed by atoms with van der Waals surface area (Å²) in [5, 5.41) is 3.39. The van der Waals surface area contributed by atoms with E-state index in [0.29, 0.717) is 15.6 Å². The van der Waals surface area contributed by atoms with Crippen molar-refractivity contribution >= 4 is 27.3 Å². The topological polar surface area (TPSA) is 38.0 Å². The van der Waals surface area contributed by atoms with Crippen LogP contribution in [0.1, 0.15) is 39.0 Å². The summed E-state index contributed by atoms with van der Waals surface area (Å²) in [4.78, 5) is 0. The van der Waals surface area contributed by atoms with Gasteiger partial charge < -0.3 is 11.1 Å². The molecule has 0 saturated heterocycles. The molecule has 0 bridgehead atoms. The second kappa shape index (κ2) is 5.47. The molecule has 1 aliphatic rings. The number of nitrogen functional groups attached to an aromatic ring is 1. The van der Waals surface area contributed by atoms with Gasteiger partial charge in [0.1, 0.15) is 5.82 Å². The van der Waals surface area contributed by atoms with E-state index in [1.807, 2.05) is 0 Å². The predicted octanol–water partition coefficient (Wildman–Crippen LogP) is 4.55. The number of anilines is 2. The average molecular weight is 315 g/mol. The van der Waals surface area contributed by atoms with Crippen molar-refractivity contribution in [2.24, 2.45) is 5.41 Å². The monoisotopic (exact) mass is 314 g/mol. The van der Waals surface area contributed by atoms with Gasteiger partial charge in [-0.3, -0.25) is 0 Å². The van der Waals surface area contributed by atoms with E-state index in [1.165, 1.54) is 38.2 Å². The quantitative estimate of drug-likeness (QED) is 0.800. The summed E-state index contributed by atoms with van der Waals surface area (Å²) in [6.07, 6.45) is 6.37. The van der Waals surface area contributed by atoms with Crippen molar-refractivity contribution in [3.05, 3.63) is 22.4 Å². The van der Waals surface area contributed by atoms with Crippen molar-refractivity contribution in [3.8, 4) is 0 Å². The number of hydrogen-bond acceptors (Lipinski definition) is 2. The van der Waals surface area contributed by atoms with Gasteiger partial charge in [-0.2, -0.15) is 0 Å². The third-order valence-corrected chi connectivity index (χ3v) is 4.77. The molecule has 0 atom stereocenters. The lowest BCUT2D eigenvalue weighted by molar-refractivity contribution is 0.307. The average Bonchev–Trinajstić information content (AvgIpc) is 2.82. The third-order valence-electron chi connectivity index (χ3n) is 4.16. The van der Waals surface area contributed by atoms with Gasteiger partial charge in [-0.15, -0.1) is 0 Å². The highest BCUT2D eigenvalue weighted by molar-refractivity contribution is 9.10. The molecule has 0 aromatic heterocycles. The fraction of sp³-hybridized carbons (Fsp3) is 0.571. The number of benzene rings is 1. The molecule has 3 N–H and O–H groups in total. The van der Waals surface area contributed by atoms with Crippen LogP contribution in [0.25, 0.3) is 0 Å². The van der Waals surface area contributed by atoms with Crippen LogP contribution >= 0.6 is 15.9 Å². The Morgan fingerprint density at radius 1 is 1.39 bits per heavy atom. The molecule has 1 aromatic rings. The molecule has 0 heterocycles. The summed E-state index contributed by atoms with van der Waals surface area (Å²) in [5.74, 6) is -0.316.